The van der Waals surface area contributed by atoms with Gasteiger partial charge in [0.25, 0.3) is 0 Å². The molecular formula is C20H18FN7O. The fourth-order valence-electron chi connectivity index (χ4n) is 3.23. The first-order valence-corrected chi connectivity index (χ1v) is 8.76. The van der Waals surface area contributed by atoms with Gasteiger partial charge in [0.05, 0.1) is 16.6 Å². The third kappa shape index (κ3) is 3.23. The van der Waals surface area contributed by atoms with Gasteiger partial charge in [-0.25, -0.2) is 19.1 Å². The molecular weight excluding hydrogens is 373 g/mol. The molecule has 4 aromatic rings. The van der Waals surface area contributed by atoms with E-state index in [-0.39, 0.29) is 18.1 Å². The molecule has 2 amide bonds. The van der Waals surface area contributed by atoms with Crippen molar-refractivity contribution in [2.75, 3.05) is 10.6 Å². The van der Waals surface area contributed by atoms with Crippen LogP contribution < -0.4 is 22.1 Å². The van der Waals surface area contributed by atoms with Crippen molar-refractivity contribution in [1.29, 1.82) is 0 Å². The summed E-state index contributed by atoms with van der Waals surface area (Å²) in [6.45, 7) is 0.197. The SMILES string of the molecule is NCc1ccc(F)c(N(C(N)=O)c2ccc(-c3cccc4[nH]nc(N)c34)cn2)c1. The summed E-state index contributed by atoms with van der Waals surface area (Å²) < 4.78 is 14.4. The molecule has 0 unspecified atom stereocenters. The number of nitrogen functional groups attached to an aromatic ring is 1. The van der Waals surface area contributed by atoms with Gasteiger partial charge in [-0.2, -0.15) is 5.10 Å². The molecule has 0 aliphatic carbocycles. The van der Waals surface area contributed by atoms with E-state index in [1.165, 1.54) is 12.1 Å². The highest BCUT2D eigenvalue weighted by Crippen LogP contribution is 2.33. The Balaban J connectivity index is 1.78. The molecule has 146 valence electrons. The predicted octanol–water partition coefficient (Wildman–Crippen LogP) is 3.02. The number of H-pyrrole nitrogens is 1. The van der Waals surface area contributed by atoms with Gasteiger partial charge in [0, 0.05) is 18.3 Å². The van der Waals surface area contributed by atoms with Crippen molar-refractivity contribution in [3.8, 4) is 11.1 Å². The minimum Gasteiger partial charge on any atom is -0.382 e. The van der Waals surface area contributed by atoms with E-state index in [1.807, 2.05) is 18.2 Å². The van der Waals surface area contributed by atoms with Crippen LogP contribution in [0.2, 0.25) is 0 Å². The Labute approximate surface area is 165 Å². The average Bonchev–Trinajstić information content (AvgIpc) is 3.11. The molecule has 0 aliphatic rings. The van der Waals surface area contributed by atoms with Crippen LogP contribution in [0, 0.1) is 5.82 Å². The zero-order valence-electron chi connectivity index (χ0n) is 15.3. The Kier molecular flexibility index (Phi) is 4.57. The van der Waals surface area contributed by atoms with Crippen molar-refractivity contribution in [2.45, 2.75) is 6.54 Å². The molecule has 2 aromatic carbocycles. The van der Waals surface area contributed by atoms with Gasteiger partial charge in [-0.15, -0.1) is 0 Å². The number of rotatable bonds is 4. The van der Waals surface area contributed by atoms with Crippen LogP contribution in [0.4, 0.5) is 26.5 Å². The van der Waals surface area contributed by atoms with Gasteiger partial charge in [-0.3, -0.25) is 5.10 Å². The van der Waals surface area contributed by atoms with E-state index in [1.54, 1.807) is 24.4 Å². The molecule has 0 atom stereocenters. The largest absolute Gasteiger partial charge is 0.382 e. The summed E-state index contributed by atoms with van der Waals surface area (Å²) in [5.41, 5.74) is 20.1. The summed E-state index contributed by atoms with van der Waals surface area (Å²) in [6, 6.07) is 12.4. The van der Waals surface area contributed by atoms with Crippen LogP contribution in [-0.2, 0) is 6.54 Å². The third-order valence-electron chi connectivity index (χ3n) is 4.61. The number of benzene rings is 2. The van der Waals surface area contributed by atoms with Gasteiger partial charge in [0.2, 0.25) is 0 Å². The second kappa shape index (κ2) is 7.21. The average molecular weight is 391 g/mol. The number of primary amides is 1. The summed E-state index contributed by atoms with van der Waals surface area (Å²) in [5, 5.41) is 7.67. The smallest absolute Gasteiger partial charge is 0.325 e. The number of hydrogen-bond donors (Lipinski definition) is 4. The van der Waals surface area contributed by atoms with Crippen molar-refractivity contribution in [2.24, 2.45) is 11.5 Å². The molecule has 8 nitrogen and oxygen atoms in total. The lowest BCUT2D eigenvalue weighted by atomic mass is 10.0. The maximum atomic E-state index is 14.4. The van der Waals surface area contributed by atoms with Gasteiger partial charge in [-0.1, -0.05) is 18.2 Å². The molecule has 4 rings (SSSR count). The first kappa shape index (κ1) is 18.4. The number of aromatic nitrogens is 3. The Morgan fingerprint density at radius 1 is 1.17 bits per heavy atom. The van der Waals surface area contributed by atoms with Gasteiger partial charge in [0.15, 0.2) is 5.82 Å². The Hall–Kier alpha value is -3.98. The molecule has 0 saturated carbocycles. The van der Waals surface area contributed by atoms with Crippen molar-refractivity contribution in [3.63, 3.8) is 0 Å². The molecule has 2 aromatic heterocycles. The summed E-state index contributed by atoms with van der Waals surface area (Å²) in [4.78, 5) is 17.4. The molecule has 0 radical (unpaired) electrons. The van der Waals surface area contributed by atoms with E-state index in [9.17, 15) is 9.18 Å². The van der Waals surface area contributed by atoms with Crippen LogP contribution in [-0.4, -0.2) is 21.2 Å². The predicted molar refractivity (Wildman–Crippen MR) is 110 cm³/mol. The topological polar surface area (TPSA) is 140 Å². The molecule has 0 bridgehead atoms. The molecule has 0 aliphatic heterocycles. The second-order valence-electron chi connectivity index (χ2n) is 6.41. The third-order valence-corrected chi connectivity index (χ3v) is 4.61. The minimum absolute atomic E-state index is 0.0121. The minimum atomic E-state index is -0.862. The van der Waals surface area contributed by atoms with Crippen LogP contribution >= 0.6 is 0 Å². The van der Waals surface area contributed by atoms with Gasteiger partial charge in [-0.05, 0) is 41.5 Å². The van der Waals surface area contributed by atoms with Crippen LogP contribution in [0.15, 0.2) is 54.7 Å². The fraction of sp³-hybridized carbons (Fsp3) is 0.0500. The van der Waals surface area contributed by atoms with Crippen LogP contribution in [0.3, 0.4) is 0 Å². The number of fused-ring (bicyclic) bond motifs is 1. The Bertz CT molecular complexity index is 1200. The van der Waals surface area contributed by atoms with Crippen molar-refractivity contribution < 1.29 is 9.18 Å². The van der Waals surface area contributed by atoms with Crippen LogP contribution in [0.25, 0.3) is 22.0 Å². The highest BCUT2D eigenvalue weighted by molar-refractivity contribution is 6.02. The van der Waals surface area contributed by atoms with E-state index in [0.29, 0.717) is 11.4 Å². The van der Waals surface area contributed by atoms with Gasteiger partial charge in [0.1, 0.15) is 11.6 Å². The molecule has 7 N–H and O–H groups in total. The summed E-state index contributed by atoms with van der Waals surface area (Å²) >= 11 is 0. The van der Waals surface area contributed by atoms with E-state index < -0.39 is 11.8 Å². The first-order valence-electron chi connectivity index (χ1n) is 8.76. The van der Waals surface area contributed by atoms with Gasteiger partial charge >= 0.3 is 6.03 Å². The first-order chi connectivity index (χ1) is 14.0. The lowest BCUT2D eigenvalue weighted by Gasteiger charge is -2.21. The standard InChI is InChI=1S/C20H18FN7O/c21-14-6-4-11(9-22)8-16(14)28(20(24)29)17-7-5-12(10-25-17)13-2-1-3-15-18(13)19(23)27-26-15/h1-8,10H,9,22H2,(H2,24,29)(H3,23,26,27). The normalized spacial score (nSPS) is 11.0. The number of nitrogens with two attached hydrogens (primary N) is 3. The highest BCUT2D eigenvalue weighted by Gasteiger charge is 2.21. The van der Waals surface area contributed by atoms with Crippen LogP contribution in [0.5, 0.6) is 0 Å². The maximum absolute atomic E-state index is 14.4. The van der Waals surface area contributed by atoms with E-state index in [2.05, 4.69) is 15.2 Å². The number of hydrogen-bond acceptors (Lipinski definition) is 5. The Morgan fingerprint density at radius 2 is 2.00 bits per heavy atom. The molecule has 29 heavy (non-hydrogen) atoms. The monoisotopic (exact) mass is 391 g/mol. The lowest BCUT2D eigenvalue weighted by molar-refractivity contribution is 0.255. The number of urea groups is 1. The zero-order chi connectivity index (χ0) is 20.5. The number of anilines is 3. The van der Waals surface area contributed by atoms with Crippen molar-refractivity contribution in [1.82, 2.24) is 15.2 Å². The number of halogens is 1. The number of nitrogens with one attached hydrogen (secondary N) is 1. The summed E-state index contributed by atoms with van der Waals surface area (Å²) in [5.74, 6) is -0.0522. The molecule has 2 heterocycles. The van der Waals surface area contributed by atoms with Crippen molar-refractivity contribution in [3.05, 3.63) is 66.1 Å². The fourth-order valence-corrected chi connectivity index (χ4v) is 3.23. The number of amides is 2. The zero-order valence-corrected chi connectivity index (χ0v) is 15.3. The van der Waals surface area contributed by atoms with Gasteiger partial charge < -0.3 is 17.2 Å². The quantitative estimate of drug-likeness (QED) is 0.423. The lowest BCUT2D eigenvalue weighted by Crippen LogP contribution is -2.32. The molecule has 0 fully saturated rings. The number of pyridine rings is 1. The second-order valence-corrected chi connectivity index (χ2v) is 6.41. The van der Waals surface area contributed by atoms with E-state index in [0.717, 1.165) is 26.9 Å². The van der Waals surface area contributed by atoms with E-state index in [4.69, 9.17) is 17.2 Å². The van der Waals surface area contributed by atoms with Crippen molar-refractivity contribution >= 4 is 34.3 Å². The number of carbonyl (C=O) groups is 1. The van der Waals surface area contributed by atoms with Crippen LogP contribution in [0.1, 0.15) is 5.56 Å². The summed E-state index contributed by atoms with van der Waals surface area (Å²) in [6.07, 6.45) is 1.57. The number of carbonyl (C=O) groups excluding carboxylic acids is 1. The number of nitrogens with zero attached hydrogens (tertiary/aromatic N) is 3. The maximum Gasteiger partial charge on any atom is 0.325 e. The Morgan fingerprint density at radius 3 is 2.69 bits per heavy atom. The highest BCUT2D eigenvalue weighted by atomic mass is 19.1. The van der Waals surface area contributed by atoms with E-state index >= 15 is 0 Å². The molecule has 0 saturated heterocycles. The molecule has 9 heteroatoms. The summed E-state index contributed by atoms with van der Waals surface area (Å²) in [7, 11) is 0. The molecule has 0 spiro atoms. The number of aromatic amines is 1.